The fourth-order valence-corrected chi connectivity index (χ4v) is 2.44. The highest BCUT2D eigenvalue weighted by Gasteiger charge is 2.07. The summed E-state index contributed by atoms with van der Waals surface area (Å²) in [5, 5.41) is 2.86. The molecule has 6 heteroatoms. The number of nitrogens with zero attached hydrogens (tertiary/aromatic N) is 4. The lowest BCUT2D eigenvalue weighted by molar-refractivity contribution is 1.27. The molecule has 0 amide bonds. The molecule has 3 aromatic heterocycles. The summed E-state index contributed by atoms with van der Waals surface area (Å²) in [5.74, 6) is 0.744. The molecule has 3 heterocycles. The Kier molecular flexibility index (Phi) is 1.44. The topological polar surface area (TPSA) is 43.1 Å². The minimum atomic E-state index is 0.744. The van der Waals surface area contributed by atoms with Crippen LogP contribution in [-0.4, -0.2) is 18.1 Å². The summed E-state index contributed by atoms with van der Waals surface area (Å²) in [5.41, 5.74) is 0.931. The van der Waals surface area contributed by atoms with E-state index in [1.54, 1.807) is 17.7 Å². The summed E-state index contributed by atoms with van der Waals surface area (Å²) >= 11 is 2.98. The standard InChI is InChI=1S/C7H4N4S2/c1-4-12-10-5(1)6-9-7-8-2-3-11(7)13-6/h1-4H. The lowest BCUT2D eigenvalue weighted by Crippen LogP contribution is -1.73. The quantitative estimate of drug-likeness (QED) is 0.613. The molecule has 0 radical (unpaired) electrons. The second-order valence-electron chi connectivity index (χ2n) is 2.45. The van der Waals surface area contributed by atoms with E-state index >= 15 is 0 Å². The summed E-state index contributed by atoms with van der Waals surface area (Å²) in [6.07, 6.45) is 3.63. The van der Waals surface area contributed by atoms with Crippen LogP contribution in [0.15, 0.2) is 23.8 Å². The number of imidazole rings is 1. The van der Waals surface area contributed by atoms with Gasteiger partial charge >= 0.3 is 0 Å². The zero-order chi connectivity index (χ0) is 8.67. The zero-order valence-corrected chi connectivity index (χ0v) is 8.05. The van der Waals surface area contributed by atoms with E-state index < -0.39 is 0 Å². The van der Waals surface area contributed by atoms with Gasteiger partial charge in [0.15, 0.2) is 5.01 Å². The van der Waals surface area contributed by atoms with Gasteiger partial charge in [0.2, 0.25) is 5.78 Å². The van der Waals surface area contributed by atoms with E-state index in [1.165, 1.54) is 11.5 Å². The van der Waals surface area contributed by atoms with Crippen LogP contribution in [0.25, 0.3) is 16.5 Å². The average Bonchev–Trinajstić information content (AvgIpc) is 2.78. The predicted molar refractivity (Wildman–Crippen MR) is 52.0 cm³/mol. The van der Waals surface area contributed by atoms with Crippen LogP contribution in [-0.2, 0) is 0 Å². The Morgan fingerprint density at radius 3 is 3.15 bits per heavy atom. The first-order valence-electron chi connectivity index (χ1n) is 3.64. The minimum Gasteiger partial charge on any atom is -0.237 e. The van der Waals surface area contributed by atoms with Gasteiger partial charge in [0.1, 0.15) is 5.69 Å². The fourth-order valence-electron chi connectivity index (χ4n) is 1.06. The third kappa shape index (κ3) is 1.06. The van der Waals surface area contributed by atoms with Gasteiger partial charge < -0.3 is 0 Å². The van der Waals surface area contributed by atoms with Crippen LogP contribution in [0.1, 0.15) is 0 Å². The molecule has 3 rings (SSSR count). The van der Waals surface area contributed by atoms with Crippen LogP contribution < -0.4 is 0 Å². The molecule has 0 spiro atoms. The number of fused-ring (bicyclic) bond motifs is 1. The molecular weight excluding hydrogens is 204 g/mol. The van der Waals surface area contributed by atoms with Crippen molar-refractivity contribution in [3.05, 3.63) is 23.8 Å². The first-order chi connectivity index (χ1) is 6.43. The Hall–Kier alpha value is -1.27. The van der Waals surface area contributed by atoms with E-state index in [2.05, 4.69) is 14.3 Å². The van der Waals surface area contributed by atoms with Gasteiger partial charge in [-0.2, -0.15) is 9.36 Å². The molecule has 0 unspecified atom stereocenters. The molecule has 0 bridgehead atoms. The molecular formula is C7H4N4S2. The molecule has 0 saturated carbocycles. The van der Waals surface area contributed by atoms with Crippen molar-refractivity contribution in [2.45, 2.75) is 0 Å². The van der Waals surface area contributed by atoms with E-state index in [4.69, 9.17) is 0 Å². The molecule has 3 aromatic rings. The van der Waals surface area contributed by atoms with Crippen LogP contribution in [0.2, 0.25) is 0 Å². The highest BCUT2D eigenvalue weighted by Crippen LogP contribution is 2.22. The number of aromatic nitrogens is 4. The Morgan fingerprint density at radius 2 is 2.38 bits per heavy atom. The van der Waals surface area contributed by atoms with Crippen LogP contribution in [0, 0.1) is 0 Å². The van der Waals surface area contributed by atoms with Gasteiger partial charge in [-0.3, -0.25) is 0 Å². The van der Waals surface area contributed by atoms with Gasteiger partial charge in [-0.15, -0.1) is 0 Å². The van der Waals surface area contributed by atoms with Crippen LogP contribution in [0.3, 0.4) is 0 Å². The monoisotopic (exact) mass is 208 g/mol. The number of hydrogen-bond donors (Lipinski definition) is 0. The minimum absolute atomic E-state index is 0.744. The average molecular weight is 208 g/mol. The molecule has 0 aliphatic carbocycles. The van der Waals surface area contributed by atoms with Crippen LogP contribution in [0.4, 0.5) is 0 Å². The van der Waals surface area contributed by atoms with Crippen molar-refractivity contribution < 1.29 is 0 Å². The molecule has 0 aliphatic heterocycles. The second kappa shape index (κ2) is 2.61. The number of rotatable bonds is 1. The van der Waals surface area contributed by atoms with Crippen LogP contribution >= 0.6 is 23.1 Å². The van der Waals surface area contributed by atoms with E-state index in [1.807, 2.05) is 21.4 Å². The first-order valence-corrected chi connectivity index (χ1v) is 5.25. The Morgan fingerprint density at radius 1 is 1.38 bits per heavy atom. The maximum absolute atomic E-state index is 4.33. The third-order valence-electron chi connectivity index (χ3n) is 1.63. The van der Waals surface area contributed by atoms with Crippen molar-refractivity contribution in [2.24, 2.45) is 0 Å². The Bertz CT molecular complexity index is 493. The van der Waals surface area contributed by atoms with Gasteiger partial charge in [-0.05, 0) is 29.1 Å². The Labute approximate surface area is 81.8 Å². The molecule has 64 valence electrons. The van der Waals surface area contributed by atoms with E-state index in [-0.39, 0.29) is 0 Å². The maximum Gasteiger partial charge on any atom is 0.244 e. The maximum atomic E-state index is 4.33. The predicted octanol–water partition coefficient (Wildman–Crippen LogP) is 1.91. The molecule has 0 aliphatic rings. The fraction of sp³-hybridized carbons (Fsp3) is 0. The van der Waals surface area contributed by atoms with Gasteiger partial charge in [0, 0.05) is 17.8 Å². The molecule has 0 N–H and O–H groups in total. The largest absolute Gasteiger partial charge is 0.244 e. The van der Waals surface area contributed by atoms with Crippen molar-refractivity contribution in [3.8, 4) is 10.7 Å². The Balaban J connectivity index is 2.23. The molecule has 0 fully saturated rings. The normalized spacial score (nSPS) is 11.1. The zero-order valence-electron chi connectivity index (χ0n) is 6.41. The summed E-state index contributed by atoms with van der Waals surface area (Å²) in [6.45, 7) is 0. The number of hydrogen-bond acceptors (Lipinski definition) is 5. The van der Waals surface area contributed by atoms with Crippen molar-refractivity contribution in [2.75, 3.05) is 0 Å². The van der Waals surface area contributed by atoms with Gasteiger partial charge in [0.25, 0.3) is 0 Å². The molecule has 4 nitrogen and oxygen atoms in total. The van der Waals surface area contributed by atoms with E-state index in [0.29, 0.717) is 0 Å². The van der Waals surface area contributed by atoms with Gasteiger partial charge in [-0.25, -0.2) is 8.77 Å². The van der Waals surface area contributed by atoms with Crippen molar-refractivity contribution >= 4 is 28.8 Å². The third-order valence-corrected chi connectivity index (χ3v) is 3.15. The first kappa shape index (κ1) is 7.16. The van der Waals surface area contributed by atoms with Gasteiger partial charge in [0.05, 0.1) is 0 Å². The van der Waals surface area contributed by atoms with Crippen molar-refractivity contribution in [1.82, 2.24) is 18.1 Å². The summed E-state index contributed by atoms with van der Waals surface area (Å²) in [7, 11) is 0. The van der Waals surface area contributed by atoms with Crippen molar-refractivity contribution in [3.63, 3.8) is 0 Å². The lowest BCUT2D eigenvalue weighted by atomic mass is 10.5. The summed E-state index contributed by atoms with van der Waals surface area (Å²) in [4.78, 5) is 8.42. The second-order valence-corrected chi connectivity index (χ2v) is 4.07. The van der Waals surface area contributed by atoms with E-state index in [0.717, 1.165) is 16.5 Å². The molecule has 0 aromatic carbocycles. The highest BCUT2D eigenvalue weighted by molar-refractivity contribution is 7.10. The molecule has 13 heavy (non-hydrogen) atoms. The summed E-state index contributed by atoms with van der Waals surface area (Å²) < 4.78 is 6.14. The molecule has 0 saturated heterocycles. The van der Waals surface area contributed by atoms with E-state index in [9.17, 15) is 0 Å². The lowest BCUT2D eigenvalue weighted by Gasteiger charge is -1.81. The SMILES string of the molecule is c1cn2sc(-c3ccsn3)nc2n1. The highest BCUT2D eigenvalue weighted by atomic mass is 32.1. The van der Waals surface area contributed by atoms with Gasteiger partial charge in [-0.1, -0.05) is 0 Å². The smallest absolute Gasteiger partial charge is 0.237 e. The molecule has 0 atom stereocenters. The van der Waals surface area contributed by atoms with Crippen LogP contribution in [0.5, 0.6) is 0 Å². The summed E-state index contributed by atoms with van der Waals surface area (Å²) in [6, 6.07) is 1.96. The van der Waals surface area contributed by atoms with Crippen molar-refractivity contribution in [1.29, 1.82) is 0 Å².